The third kappa shape index (κ3) is 5.22. The van der Waals surface area contributed by atoms with Crippen LogP contribution in [-0.2, 0) is 0 Å². The van der Waals surface area contributed by atoms with Gasteiger partial charge in [0.15, 0.2) is 0 Å². The molecule has 0 bridgehead atoms. The van der Waals surface area contributed by atoms with Crippen molar-refractivity contribution in [2.75, 3.05) is 39.3 Å². The second-order valence-corrected chi connectivity index (χ2v) is 8.02. The quantitative estimate of drug-likeness (QED) is 0.779. The highest BCUT2D eigenvalue weighted by Gasteiger charge is 2.33. The van der Waals surface area contributed by atoms with E-state index in [4.69, 9.17) is 0 Å². The second kappa shape index (κ2) is 7.94. The number of piperazine rings is 1. The predicted octanol–water partition coefficient (Wildman–Crippen LogP) is 2.96. The summed E-state index contributed by atoms with van der Waals surface area (Å²) >= 11 is 0. The highest BCUT2D eigenvalue weighted by atomic mass is 15.3. The largest absolute Gasteiger partial charge is 0.314 e. The van der Waals surface area contributed by atoms with Gasteiger partial charge < -0.3 is 5.32 Å². The lowest BCUT2D eigenvalue weighted by Gasteiger charge is -2.46. The van der Waals surface area contributed by atoms with Crippen LogP contribution in [0.3, 0.4) is 0 Å². The maximum Gasteiger partial charge on any atom is 0.0223 e. The molecule has 2 heterocycles. The molecule has 0 radical (unpaired) electrons. The summed E-state index contributed by atoms with van der Waals surface area (Å²) in [5.41, 5.74) is 0.426. The Kier molecular flexibility index (Phi) is 6.51. The van der Waals surface area contributed by atoms with Gasteiger partial charge in [0, 0.05) is 44.8 Å². The van der Waals surface area contributed by atoms with Gasteiger partial charge in [0.05, 0.1) is 0 Å². The fraction of sp³-hybridized carbons (Fsp3) is 1.00. The van der Waals surface area contributed by atoms with Crippen molar-refractivity contribution in [2.45, 2.75) is 71.9 Å². The van der Waals surface area contributed by atoms with Crippen LogP contribution in [0.1, 0.15) is 59.8 Å². The van der Waals surface area contributed by atoms with Gasteiger partial charge in [-0.05, 0) is 31.2 Å². The van der Waals surface area contributed by atoms with E-state index < -0.39 is 0 Å². The molecule has 21 heavy (non-hydrogen) atoms. The number of nitrogens with one attached hydrogen (secondary N) is 1. The first-order chi connectivity index (χ1) is 10.0. The summed E-state index contributed by atoms with van der Waals surface area (Å²) in [6.45, 7) is 17.0. The Morgan fingerprint density at radius 1 is 1.19 bits per heavy atom. The molecule has 0 aromatic heterocycles. The third-order valence-electron chi connectivity index (χ3n) is 5.32. The van der Waals surface area contributed by atoms with Gasteiger partial charge in [-0.1, -0.05) is 40.5 Å². The van der Waals surface area contributed by atoms with Crippen molar-refractivity contribution >= 4 is 0 Å². The lowest BCUT2D eigenvalue weighted by Crippen LogP contribution is -2.57. The Morgan fingerprint density at radius 3 is 2.71 bits per heavy atom. The molecule has 0 aliphatic carbocycles. The zero-order valence-electron chi connectivity index (χ0n) is 14.8. The van der Waals surface area contributed by atoms with E-state index in [9.17, 15) is 0 Å². The highest BCUT2D eigenvalue weighted by molar-refractivity contribution is 4.89. The predicted molar refractivity (Wildman–Crippen MR) is 91.8 cm³/mol. The third-order valence-corrected chi connectivity index (χ3v) is 5.32. The molecule has 2 unspecified atom stereocenters. The van der Waals surface area contributed by atoms with Gasteiger partial charge in [-0.25, -0.2) is 0 Å². The van der Waals surface area contributed by atoms with Crippen LogP contribution in [0.4, 0.5) is 0 Å². The molecule has 2 rings (SSSR count). The van der Waals surface area contributed by atoms with Crippen molar-refractivity contribution in [3.8, 4) is 0 Å². The molecule has 2 atom stereocenters. The van der Waals surface area contributed by atoms with Crippen molar-refractivity contribution in [3.05, 3.63) is 0 Å². The number of rotatable bonds is 7. The molecule has 0 spiro atoms. The summed E-state index contributed by atoms with van der Waals surface area (Å²) in [7, 11) is 0. The van der Waals surface area contributed by atoms with E-state index in [0.717, 1.165) is 12.6 Å². The SMILES string of the molecule is CCCC(C)(CNC(C)C)CN1CCN2CCCCC2C1. The molecule has 0 amide bonds. The summed E-state index contributed by atoms with van der Waals surface area (Å²) < 4.78 is 0. The van der Waals surface area contributed by atoms with E-state index in [1.807, 2.05) is 0 Å². The van der Waals surface area contributed by atoms with E-state index >= 15 is 0 Å². The van der Waals surface area contributed by atoms with Crippen molar-refractivity contribution < 1.29 is 0 Å². The minimum atomic E-state index is 0.426. The molecule has 0 saturated carbocycles. The standard InChI is InChI=1S/C18H37N3/c1-5-9-18(4,14-19-16(2)3)15-20-11-12-21-10-7-6-8-17(21)13-20/h16-17,19H,5-15H2,1-4H3. The number of nitrogens with zero attached hydrogens (tertiary/aromatic N) is 2. The molecule has 3 nitrogen and oxygen atoms in total. The highest BCUT2D eigenvalue weighted by Crippen LogP contribution is 2.27. The molecule has 124 valence electrons. The number of hydrogen-bond donors (Lipinski definition) is 1. The van der Waals surface area contributed by atoms with Gasteiger partial charge in [-0.15, -0.1) is 0 Å². The molecule has 2 aliphatic heterocycles. The van der Waals surface area contributed by atoms with Gasteiger partial charge in [0.25, 0.3) is 0 Å². The molecule has 1 N–H and O–H groups in total. The minimum Gasteiger partial charge on any atom is -0.314 e. The van der Waals surface area contributed by atoms with Gasteiger partial charge in [0.2, 0.25) is 0 Å². The normalized spacial score (nSPS) is 27.6. The van der Waals surface area contributed by atoms with Gasteiger partial charge in [0.1, 0.15) is 0 Å². The van der Waals surface area contributed by atoms with E-state index in [1.165, 1.54) is 64.8 Å². The van der Waals surface area contributed by atoms with Crippen LogP contribution in [0.25, 0.3) is 0 Å². The van der Waals surface area contributed by atoms with E-state index in [1.54, 1.807) is 0 Å². The summed E-state index contributed by atoms with van der Waals surface area (Å²) in [4.78, 5) is 5.49. The Balaban J connectivity index is 1.87. The number of piperidine rings is 1. The molecule has 2 saturated heterocycles. The molecule has 2 aliphatic rings. The van der Waals surface area contributed by atoms with Crippen LogP contribution in [0.15, 0.2) is 0 Å². The van der Waals surface area contributed by atoms with Crippen LogP contribution >= 0.6 is 0 Å². The maximum atomic E-state index is 3.68. The summed E-state index contributed by atoms with van der Waals surface area (Å²) in [5, 5.41) is 3.68. The topological polar surface area (TPSA) is 18.5 Å². The Labute approximate surface area is 132 Å². The zero-order chi connectivity index (χ0) is 15.3. The van der Waals surface area contributed by atoms with E-state index in [2.05, 4.69) is 42.8 Å². The molecule has 0 aromatic rings. The number of fused-ring (bicyclic) bond motifs is 1. The smallest absolute Gasteiger partial charge is 0.0223 e. The molecule has 0 aromatic carbocycles. The van der Waals surface area contributed by atoms with Crippen molar-refractivity contribution in [3.63, 3.8) is 0 Å². The maximum absolute atomic E-state index is 3.68. The minimum absolute atomic E-state index is 0.426. The van der Waals surface area contributed by atoms with Crippen LogP contribution in [0.5, 0.6) is 0 Å². The first-order valence-corrected chi connectivity index (χ1v) is 9.22. The van der Waals surface area contributed by atoms with Crippen molar-refractivity contribution in [2.24, 2.45) is 5.41 Å². The lowest BCUT2D eigenvalue weighted by atomic mass is 9.84. The fourth-order valence-corrected chi connectivity index (χ4v) is 4.18. The molecular weight excluding hydrogens is 258 g/mol. The first kappa shape index (κ1) is 17.2. The van der Waals surface area contributed by atoms with Crippen LogP contribution in [0.2, 0.25) is 0 Å². The fourth-order valence-electron chi connectivity index (χ4n) is 4.18. The molecular formula is C18H37N3. The summed E-state index contributed by atoms with van der Waals surface area (Å²) in [6.07, 6.45) is 6.90. The first-order valence-electron chi connectivity index (χ1n) is 9.22. The Hall–Kier alpha value is -0.120. The van der Waals surface area contributed by atoms with Gasteiger partial charge in [-0.2, -0.15) is 0 Å². The Bertz CT molecular complexity index is 305. The second-order valence-electron chi connectivity index (χ2n) is 8.02. The van der Waals surface area contributed by atoms with Crippen molar-refractivity contribution in [1.82, 2.24) is 15.1 Å². The Morgan fingerprint density at radius 2 is 2.00 bits per heavy atom. The van der Waals surface area contributed by atoms with E-state index in [-0.39, 0.29) is 0 Å². The monoisotopic (exact) mass is 295 g/mol. The summed E-state index contributed by atoms with van der Waals surface area (Å²) in [5.74, 6) is 0. The van der Waals surface area contributed by atoms with E-state index in [0.29, 0.717) is 11.5 Å². The van der Waals surface area contributed by atoms with Crippen LogP contribution in [0, 0.1) is 5.41 Å². The summed E-state index contributed by atoms with van der Waals surface area (Å²) in [6, 6.07) is 1.44. The lowest BCUT2D eigenvalue weighted by molar-refractivity contribution is 0.0265. The number of hydrogen-bond acceptors (Lipinski definition) is 3. The van der Waals surface area contributed by atoms with Gasteiger partial charge >= 0.3 is 0 Å². The zero-order valence-corrected chi connectivity index (χ0v) is 14.8. The molecule has 3 heteroatoms. The average Bonchev–Trinajstić information content (AvgIpc) is 2.45. The van der Waals surface area contributed by atoms with Crippen LogP contribution in [-0.4, -0.2) is 61.2 Å². The van der Waals surface area contributed by atoms with Crippen LogP contribution < -0.4 is 5.32 Å². The molecule has 2 fully saturated rings. The average molecular weight is 296 g/mol. The van der Waals surface area contributed by atoms with Crippen molar-refractivity contribution in [1.29, 1.82) is 0 Å². The van der Waals surface area contributed by atoms with Gasteiger partial charge in [-0.3, -0.25) is 9.80 Å².